The number of halogens is 1. The number of hydrogen-bond donors (Lipinski definition) is 1. The van der Waals surface area contributed by atoms with Gasteiger partial charge in [0.05, 0.1) is 23.5 Å². The van der Waals surface area contributed by atoms with E-state index in [-0.39, 0.29) is 6.03 Å². The number of anilines is 2. The Hall–Kier alpha value is -2.40. The minimum absolute atomic E-state index is 0.111. The number of carbonyl (C=O) groups excluding carboxylic acids is 1. The number of rotatable bonds is 3. The van der Waals surface area contributed by atoms with Crippen molar-refractivity contribution in [1.29, 1.82) is 0 Å². The van der Waals surface area contributed by atoms with Crippen molar-refractivity contribution >= 4 is 29.0 Å². The second-order valence-electron chi connectivity index (χ2n) is 7.02. The van der Waals surface area contributed by atoms with Crippen LogP contribution in [0.25, 0.3) is 0 Å². The fourth-order valence-corrected chi connectivity index (χ4v) is 3.83. The summed E-state index contributed by atoms with van der Waals surface area (Å²) in [7, 11) is 1.69. The Kier molecular flexibility index (Phi) is 5.80. The predicted octanol–water partition coefficient (Wildman–Crippen LogP) is 4.63. The normalized spacial score (nSPS) is 14.3. The zero-order valence-corrected chi connectivity index (χ0v) is 17.1. The van der Waals surface area contributed by atoms with E-state index in [4.69, 9.17) is 16.3 Å². The predicted molar refractivity (Wildman–Crippen MR) is 111 cm³/mol. The van der Waals surface area contributed by atoms with Gasteiger partial charge >= 0.3 is 6.03 Å². The number of carbonyl (C=O) groups is 1. The maximum absolute atomic E-state index is 12.7. The van der Waals surface area contributed by atoms with E-state index >= 15 is 0 Å². The maximum Gasteiger partial charge on any atom is 0.322 e. The number of amides is 2. The number of ether oxygens (including phenoxy) is 1. The largest absolute Gasteiger partial charge is 0.495 e. The van der Waals surface area contributed by atoms with Crippen molar-refractivity contribution in [1.82, 2.24) is 4.90 Å². The number of aryl methyl sites for hydroxylation is 3. The SMILES string of the molecule is COc1ccc(C)cc1N1CCN(C(=O)Nc2c(C)cc(C)cc2Cl)CC1. The van der Waals surface area contributed by atoms with E-state index in [1.54, 1.807) is 7.11 Å². The van der Waals surface area contributed by atoms with E-state index in [2.05, 4.69) is 23.2 Å². The van der Waals surface area contributed by atoms with E-state index in [9.17, 15) is 4.79 Å². The Bertz CT molecular complexity index is 822. The van der Waals surface area contributed by atoms with Crippen LogP contribution in [-0.4, -0.2) is 44.2 Å². The van der Waals surface area contributed by atoms with Gasteiger partial charge in [0.15, 0.2) is 0 Å². The Morgan fingerprint density at radius 1 is 1.04 bits per heavy atom. The molecule has 0 unspecified atom stereocenters. The zero-order chi connectivity index (χ0) is 19.6. The molecule has 144 valence electrons. The molecule has 5 nitrogen and oxygen atoms in total. The van der Waals surface area contributed by atoms with Crippen molar-refractivity contribution in [3.8, 4) is 5.75 Å². The average molecular weight is 388 g/mol. The van der Waals surface area contributed by atoms with Gasteiger partial charge in [-0.2, -0.15) is 0 Å². The second kappa shape index (κ2) is 8.09. The van der Waals surface area contributed by atoms with Gasteiger partial charge in [0.1, 0.15) is 5.75 Å². The van der Waals surface area contributed by atoms with Gasteiger partial charge in [0.2, 0.25) is 0 Å². The Labute approximate surface area is 165 Å². The van der Waals surface area contributed by atoms with Crippen LogP contribution in [0.3, 0.4) is 0 Å². The highest BCUT2D eigenvalue weighted by molar-refractivity contribution is 6.34. The summed E-state index contributed by atoms with van der Waals surface area (Å²) in [6.07, 6.45) is 0. The van der Waals surface area contributed by atoms with Gasteiger partial charge in [-0.05, 0) is 55.7 Å². The molecule has 0 aromatic heterocycles. The number of piperazine rings is 1. The summed E-state index contributed by atoms with van der Waals surface area (Å²) < 4.78 is 5.49. The molecule has 2 amide bonds. The first-order valence-corrected chi connectivity index (χ1v) is 9.49. The van der Waals surface area contributed by atoms with Crippen LogP contribution in [-0.2, 0) is 0 Å². The highest BCUT2D eigenvalue weighted by Crippen LogP contribution is 2.31. The van der Waals surface area contributed by atoms with Crippen LogP contribution in [0.1, 0.15) is 16.7 Å². The summed E-state index contributed by atoms with van der Waals surface area (Å²) >= 11 is 6.31. The smallest absolute Gasteiger partial charge is 0.322 e. The van der Waals surface area contributed by atoms with Gasteiger partial charge in [0, 0.05) is 26.2 Å². The molecule has 0 bridgehead atoms. The molecular formula is C21H26ClN3O2. The van der Waals surface area contributed by atoms with E-state index in [1.807, 2.05) is 43.0 Å². The van der Waals surface area contributed by atoms with Gasteiger partial charge in [-0.3, -0.25) is 0 Å². The van der Waals surface area contributed by atoms with Crippen molar-refractivity contribution in [2.75, 3.05) is 43.5 Å². The lowest BCUT2D eigenvalue weighted by Crippen LogP contribution is -2.50. The number of nitrogens with one attached hydrogen (secondary N) is 1. The summed E-state index contributed by atoms with van der Waals surface area (Å²) in [5, 5.41) is 3.55. The van der Waals surface area contributed by atoms with Crippen molar-refractivity contribution in [3.63, 3.8) is 0 Å². The van der Waals surface area contributed by atoms with Crippen molar-refractivity contribution in [2.24, 2.45) is 0 Å². The highest BCUT2D eigenvalue weighted by Gasteiger charge is 2.24. The molecule has 0 spiro atoms. The monoisotopic (exact) mass is 387 g/mol. The molecule has 2 aromatic carbocycles. The van der Waals surface area contributed by atoms with Crippen LogP contribution in [0.15, 0.2) is 30.3 Å². The van der Waals surface area contributed by atoms with E-state index in [1.165, 1.54) is 5.56 Å². The molecule has 0 aliphatic carbocycles. The topological polar surface area (TPSA) is 44.8 Å². The molecule has 27 heavy (non-hydrogen) atoms. The molecular weight excluding hydrogens is 362 g/mol. The fraction of sp³-hybridized carbons (Fsp3) is 0.381. The highest BCUT2D eigenvalue weighted by atomic mass is 35.5. The van der Waals surface area contributed by atoms with Crippen LogP contribution in [0.5, 0.6) is 5.75 Å². The molecule has 0 atom stereocenters. The standard InChI is InChI=1S/C21H26ClN3O2/c1-14-5-6-19(27-4)18(13-14)24-7-9-25(10-8-24)21(26)23-20-16(3)11-15(2)12-17(20)22/h5-6,11-13H,7-10H2,1-4H3,(H,23,26). The minimum Gasteiger partial charge on any atom is -0.495 e. The third-order valence-corrected chi connectivity index (χ3v) is 5.20. The van der Waals surface area contributed by atoms with E-state index < -0.39 is 0 Å². The van der Waals surface area contributed by atoms with E-state index in [0.29, 0.717) is 23.8 Å². The maximum atomic E-state index is 12.7. The molecule has 6 heteroatoms. The summed E-state index contributed by atoms with van der Waals surface area (Å²) in [6, 6.07) is 9.94. The lowest BCUT2D eigenvalue weighted by atomic mass is 10.1. The summed E-state index contributed by atoms with van der Waals surface area (Å²) in [6.45, 7) is 8.82. The molecule has 1 saturated heterocycles. The van der Waals surface area contributed by atoms with Crippen molar-refractivity contribution in [2.45, 2.75) is 20.8 Å². The van der Waals surface area contributed by atoms with Crippen molar-refractivity contribution in [3.05, 3.63) is 52.0 Å². The Morgan fingerprint density at radius 3 is 2.37 bits per heavy atom. The van der Waals surface area contributed by atoms with Crippen LogP contribution in [0.2, 0.25) is 5.02 Å². The van der Waals surface area contributed by atoms with Gasteiger partial charge in [-0.1, -0.05) is 23.7 Å². The lowest BCUT2D eigenvalue weighted by Gasteiger charge is -2.36. The van der Waals surface area contributed by atoms with E-state index in [0.717, 1.165) is 35.7 Å². The zero-order valence-electron chi connectivity index (χ0n) is 16.3. The van der Waals surface area contributed by atoms with Crippen LogP contribution in [0.4, 0.5) is 16.2 Å². The molecule has 0 saturated carbocycles. The Morgan fingerprint density at radius 2 is 1.74 bits per heavy atom. The minimum atomic E-state index is -0.111. The number of benzene rings is 2. The summed E-state index contributed by atoms with van der Waals surface area (Å²) in [5.74, 6) is 0.862. The van der Waals surface area contributed by atoms with Gasteiger partial charge in [-0.15, -0.1) is 0 Å². The lowest BCUT2D eigenvalue weighted by molar-refractivity contribution is 0.208. The molecule has 1 fully saturated rings. The molecule has 1 aliphatic heterocycles. The number of urea groups is 1. The summed E-state index contributed by atoms with van der Waals surface area (Å²) in [4.78, 5) is 16.8. The third-order valence-electron chi connectivity index (χ3n) is 4.91. The molecule has 3 rings (SSSR count). The van der Waals surface area contributed by atoms with Gasteiger partial charge < -0.3 is 19.9 Å². The number of hydrogen-bond acceptors (Lipinski definition) is 3. The molecule has 1 heterocycles. The van der Waals surface area contributed by atoms with Crippen molar-refractivity contribution < 1.29 is 9.53 Å². The molecule has 1 aliphatic rings. The summed E-state index contributed by atoms with van der Waals surface area (Å²) in [5.41, 5.74) is 5.01. The first-order valence-electron chi connectivity index (χ1n) is 9.11. The van der Waals surface area contributed by atoms with Crippen LogP contribution >= 0.6 is 11.6 Å². The average Bonchev–Trinajstić information content (AvgIpc) is 2.64. The fourth-order valence-electron chi connectivity index (χ4n) is 3.46. The van der Waals surface area contributed by atoms with Gasteiger partial charge in [-0.25, -0.2) is 4.79 Å². The van der Waals surface area contributed by atoms with Crippen LogP contribution < -0.4 is 15.0 Å². The van der Waals surface area contributed by atoms with Crippen LogP contribution in [0, 0.1) is 20.8 Å². The number of methoxy groups -OCH3 is 1. The molecule has 0 radical (unpaired) electrons. The van der Waals surface area contributed by atoms with Gasteiger partial charge in [0.25, 0.3) is 0 Å². The first kappa shape index (κ1) is 19.4. The first-order chi connectivity index (χ1) is 12.9. The second-order valence-corrected chi connectivity index (χ2v) is 7.43. The number of nitrogens with zero attached hydrogens (tertiary/aromatic N) is 2. The Balaban J connectivity index is 1.66. The molecule has 2 aromatic rings. The quantitative estimate of drug-likeness (QED) is 0.835. The molecule has 1 N–H and O–H groups in total. The third kappa shape index (κ3) is 4.30.